The van der Waals surface area contributed by atoms with Crippen LogP contribution in [-0.4, -0.2) is 16.6 Å². The first-order chi connectivity index (χ1) is 9.28. The molecule has 4 nitrogen and oxygen atoms in total. The SMILES string of the molecule is CCOc1cc(-c2cncs2)nc2ccc(N)cc12. The number of aromatic nitrogens is 2. The Balaban J connectivity index is 2.24. The molecule has 5 heteroatoms. The molecule has 0 bridgehead atoms. The molecule has 1 aromatic carbocycles. The Labute approximate surface area is 114 Å². The maximum atomic E-state index is 5.83. The van der Waals surface area contributed by atoms with E-state index in [-0.39, 0.29) is 0 Å². The number of pyridine rings is 1. The van der Waals surface area contributed by atoms with E-state index in [0.29, 0.717) is 12.3 Å². The Bertz CT molecular complexity index is 710. The topological polar surface area (TPSA) is 61.0 Å². The van der Waals surface area contributed by atoms with Crippen molar-refractivity contribution in [2.45, 2.75) is 6.92 Å². The van der Waals surface area contributed by atoms with Crippen molar-refractivity contribution in [1.29, 1.82) is 0 Å². The lowest BCUT2D eigenvalue weighted by molar-refractivity contribution is 0.344. The summed E-state index contributed by atoms with van der Waals surface area (Å²) in [4.78, 5) is 9.75. The molecule has 0 aliphatic rings. The number of ether oxygens (including phenoxy) is 1. The minimum absolute atomic E-state index is 0.607. The number of nitrogens with zero attached hydrogens (tertiary/aromatic N) is 2. The minimum atomic E-state index is 0.607. The van der Waals surface area contributed by atoms with Gasteiger partial charge in [0.15, 0.2) is 0 Å². The Kier molecular flexibility index (Phi) is 3.05. The molecule has 2 aromatic heterocycles. The highest BCUT2D eigenvalue weighted by Crippen LogP contribution is 2.32. The fourth-order valence-corrected chi connectivity index (χ4v) is 2.54. The van der Waals surface area contributed by atoms with Gasteiger partial charge < -0.3 is 10.5 Å². The first-order valence-corrected chi connectivity index (χ1v) is 6.88. The minimum Gasteiger partial charge on any atom is -0.493 e. The number of hydrogen-bond acceptors (Lipinski definition) is 5. The van der Waals surface area contributed by atoms with E-state index in [4.69, 9.17) is 10.5 Å². The fraction of sp³-hybridized carbons (Fsp3) is 0.143. The van der Waals surface area contributed by atoms with Crippen LogP contribution in [-0.2, 0) is 0 Å². The molecular weight excluding hydrogens is 258 g/mol. The molecule has 96 valence electrons. The van der Waals surface area contributed by atoms with Crippen LogP contribution in [0.25, 0.3) is 21.5 Å². The van der Waals surface area contributed by atoms with Gasteiger partial charge in [0.25, 0.3) is 0 Å². The molecule has 19 heavy (non-hydrogen) atoms. The number of hydrogen-bond donors (Lipinski definition) is 1. The van der Waals surface area contributed by atoms with Crippen LogP contribution in [0.4, 0.5) is 5.69 Å². The van der Waals surface area contributed by atoms with Gasteiger partial charge in [0.05, 0.1) is 28.2 Å². The average Bonchev–Trinajstić information content (AvgIpc) is 2.93. The van der Waals surface area contributed by atoms with E-state index < -0.39 is 0 Å². The predicted molar refractivity (Wildman–Crippen MR) is 78.4 cm³/mol. The third-order valence-electron chi connectivity index (χ3n) is 2.78. The zero-order chi connectivity index (χ0) is 13.2. The van der Waals surface area contributed by atoms with Crippen LogP contribution in [0.3, 0.4) is 0 Å². The lowest BCUT2D eigenvalue weighted by Crippen LogP contribution is -1.96. The van der Waals surface area contributed by atoms with Crippen LogP contribution in [0.2, 0.25) is 0 Å². The summed E-state index contributed by atoms with van der Waals surface area (Å²) in [6.07, 6.45) is 1.81. The Morgan fingerprint density at radius 3 is 2.95 bits per heavy atom. The van der Waals surface area contributed by atoms with Crippen LogP contribution in [0, 0.1) is 0 Å². The van der Waals surface area contributed by atoms with Gasteiger partial charge >= 0.3 is 0 Å². The summed E-state index contributed by atoms with van der Waals surface area (Å²) in [5, 5.41) is 0.940. The normalized spacial score (nSPS) is 10.8. The van der Waals surface area contributed by atoms with E-state index in [2.05, 4.69) is 9.97 Å². The molecule has 0 spiro atoms. The molecule has 0 aliphatic heterocycles. The Hall–Kier alpha value is -2.14. The van der Waals surface area contributed by atoms with Gasteiger partial charge in [-0.3, -0.25) is 4.98 Å². The quantitative estimate of drug-likeness (QED) is 0.742. The number of thiazole rings is 1. The van der Waals surface area contributed by atoms with Gasteiger partial charge in [0.2, 0.25) is 0 Å². The van der Waals surface area contributed by atoms with Crippen molar-refractivity contribution in [1.82, 2.24) is 9.97 Å². The van der Waals surface area contributed by atoms with Crippen molar-refractivity contribution in [2.75, 3.05) is 12.3 Å². The van der Waals surface area contributed by atoms with E-state index in [1.54, 1.807) is 16.8 Å². The van der Waals surface area contributed by atoms with Crippen molar-refractivity contribution in [3.05, 3.63) is 36.0 Å². The van der Waals surface area contributed by atoms with Gasteiger partial charge in [0, 0.05) is 23.3 Å². The summed E-state index contributed by atoms with van der Waals surface area (Å²) in [5.74, 6) is 0.809. The van der Waals surface area contributed by atoms with E-state index in [0.717, 1.165) is 27.2 Å². The summed E-state index contributed by atoms with van der Waals surface area (Å²) in [5.41, 5.74) is 10.1. The van der Waals surface area contributed by atoms with E-state index in [1.165, 1.54) is 0 Å². The summed E-state index contributed by atoms with van der Waals surface area (Å²) in [6, 6.07) is 7.60. The van der Waals surface area contributed by atoms with Crippen LogP contribution in [0.1, 0.15) is 6.92 Å². The zero-order valence-corrected chi connectivity index (χ0v) is 11.3. The molecule has 2 N–H and O–H groups in total. The van der Waals surface area contributed by atoms with Crippen molar-refractivity contribution in [3.63, 3.8) is 0 Å². The van der Waals surface area contributed by atoms with Gasteiger partial charge in [0.1, 0.15) is 5.75 Å². The molecule has 0 atom stereocenters. The molecule has 2 heterocycles. The van der Waals surface area contributed by atoms with Crippen LogP contribution < -0.4 is 10.5 Å². The smallest absolute Gasteiger partial charge is 0.130 e. The van der Waals surface area contributed by atoms with Gasteiger partial charge in [-0.2, -0.15) is 0 Å². The maximum absolute atomic E-state index is 5.83. The van der Waals surface area contributed by atoms with Gasteiger partial charge in [-0.15, -0.1) is 11.3 Å². The van der Waals surface area contributed by atoms with Crippen molar-refractivity contribution < 1.29 is 4.74 Å². The molecule has 0 saturated heterocycles. The van der Waals surface area contributed by atoms with Crippen LogP contribution in [0.5, 0.6) is 5.75 Å². The summed E-state index contributed by atoms with van der Waals surface area (Å²) >= 11 is 1.56. The number of fused-ring (bicyclic) bond motifs is 1. The average molecular weight is 271 g/mol. The van der Waals surface area contributed by atoms with E-state index >= 15 is 0 Å². The first-order valence-electron chi connectivity index (χ1n) is 6.00. The Morgan fingerprint density at radius 1 is 1.32 bits per heavy atom. The fourth-order valence-electron chi connectivity index (χ4n) is 1.96. The second-order valence-corrected chi connectivity index (χ2v) is 4.97. The molecule has 0 radical (unpaired) electrons. The standard InChI is InChI=1S/C14H13N3OS/c1-2-18-13-6-12(14-7-16-8-19-14)17-11-4-3-9(15)5-10(11)13/h3-8H,2,15H2,1H3. The molecule has 0 amide bonds. The number of anilines is 1. The highest BCUT2D eigenvalue weighted by molar-refractivity contribution is 7.13. The highest BCUT2D eigenvalue weighted by Gasteiger charge is 2.09. The van der Waals surface area contributed by atoms with Gasteiger partial charge in [-0.25, -0.2) is 4.98 Å². The van der Waals surface area contributed by atoms with Crippen LogP contribution >= 0.6 is 11.3 Å². The van der Waals surface area contributed by atoms with Crippen LogP contribution in [0.15, 0.2) is 36.0 Å². The van der Waals surface area contributed by atoms with E-state index in [9.17, 15) is 0 Å². The zero-order valence-electron chi connectivity index (χ0n) is 10.5. The number of benzene rings is 1. The molecule has 3 aromatic rings. The summed E-state index contributed by atoms with van der Waals surface area (Å²) < 4.78 is 5.70. The largest absolute Gasteiger partial charge is 0.493 e. The molecule has 3 rings (SSSR count). The highest BCUT2D eigenvalue weighted by atomic mass is 32.1. The summed E-state index contributed by atoms with van der Waals surface area (Å²) in [6.45, 7) is 2.57. The number of nitrogen functional groups attached to an aromatic ring is 1. The van der Waals surface area contributed by atoms with Crippen molar-refractivity contribution in [2.24, 2.45) is 0 Å². The Morgan fingerprint density at radius 2 is 2.21 bits per heavy atom. The van der Waals surface area contributed by atoms with Crippen molar-refractivity contribution >= 4 is 27.9 Å². The van der Waals surface area contributed by atoms with E-state index in [1.807, 2.05) is 37.4 Å². The second-order valence-electron chi connectivity index (χ2n) is 4.08. The number of rotatable bonds is 3. The molecule has 0 fully saturated rings. The predicted octanol–water partition coefficient (Wildman–Crippen LogP) is 3.34. The lowest BCUT2D eigenvalue weighted by atomic mass is 10.1. The number of nitrogens with two attached hydrogens (primary N) is 1. The lowest BCUT2D eigenvalue weighted by Gasteiger charge is -2.09. The second kappa shape index (κ2) is 4.85. The van der Waals surface area contributed by atoms with Gasteiger partial charge in [-0.1, -0.05) is 0 Å². The first kappa shape index (κ1) is 11.9. The molecular formula is C14H13N3OS. The third-order valence-corrected chi connectivity index (χ3v) is 3.58. The molecule has 0 saturated carbocycles. The van der Waals surface area contributed by atoms with Gasteiger partial charge in [-0.05, 0) is 25.1 Å². The summed E-state index contributed by atoms with van der Waals surface area (Å²) in [7, 11) is 0. The monoisotopic (exact) mass is 271 g/mol. The maximum Gasteiger partial charge on any atom is 0.130 e. The molecule has 0 aliphatic carbocycles. The molecule has 0 unspecified atom stereocenters. The third kappa shape index (κ3) is 2.24. The van der Waals surface area contributed by atoms with Crippen molar-refractivity contribution in [3.8, 4) is 16.3 Å².